The number of nitrogens with two attached hydrogens (primary N) is 1. The van der Waals surface area contributed by atoms with Crippen molar-refractivity contribution in [2.24, 2.45) is 15.7 Å². The molecule has 12 heteroatoms. The van der Waals surface area contributed by atoms with Gasteiger partial charge in [0.25, 0.3) is 0 Å². The first kappa shape index (κ1) is 36.3. The number of benzene rings is 4. The Labute approximate surface area is 287 Å². The monoisotopic (exact) mass is 685 g/mol. The molecule has 49 heavy (non-hydrogen) atoms. The van der Waals surface area contributed by atoms with Crippen LogP contribution in [0.1, 0.15) is 36.1 Å². The summed E-state index contributed by atoms with van der Waals surface area (Å²) in [5, 5.41) is 17.6. The molecule has 254 valence electrons. The van der Waals surface area contributed by atoms with E-state index in [1.807, 2.05) is 0 Å². The number of amidine groups is 1. The van der Waals surface area contributed by atoms with Crippen LogP contribution in [-0.4, -0.2) is 42.4 Å². The summed E-state index contributed by atoms with van der Waals surface area (Å²) in [7, 11) is 0. The van der Waals surface area contributed by atoms with Crippen LogP contribution >= 0.6 is 11.3 Å². The van der Waals surface area contributed by atoms with E-state index in [4.69, 9.17) is 16.6 Å². The van der Waals surface area contributed by atoms with Crippen molar-refractivity contribution in [3.05, 3.63) is 123 Å². The summed E-state index contributed by atoms with van der Waals surface area (Å²) in [5.41, 5.74) is 14.6. The number of ether oxygens (including phenoxy) is 1. The van der Waals surface area contributed by atoms with Crippen LogP contribution in [0.4, 0.5) is 24.5 Å². The fraction of sp³-hybridized carbons (Fsp3) is 0.189. The van der Waals surface area contributed by atoms with E-state index in [9.17, 15) is 13.2 Å². The quantitative estimate of drug-likeness (QED) is 0.101. The molecule has 8 nitrogen and oxygen atoms in total. The summed E-state index contributed by atoms with van der Waals surface area (Å²) >= 11 is 1.48. The van der Waals surface area contributed by atoms with Gasteiger partial charge < -0.3 is 20.8 Å². The summed E-state index contributed by atoms with van der Waals surface area (Å²) < 4.78 is 42.0. The number of aliphatic imine (C=N–C) groups is 2. The van der Waals surface area contributed by atoms with Crippen LogP contribution in [0.25, 0.3) is 16.9 Å². The highest BCUT2D eigenvalue weighted by atomic mass is 32.1. The lowest BCUT2D eigenvalue weighted by Crippen LogP contribution is -2.21. The third kappa shape index (κ3) is 9.77. The molecule has 1 heterocycles. The van der Waals surface area contributed by atoms with Gasteiger partial charge in [0.15, 0.2) is 4.80 Å². The molecule has 5 rings (SSSR count). The molecule has 0 saturated carbocycles. The van der Waals surface area contributed by atoms with Gasteiger partial charge in [-0.3, -0.25) is 9.98 Å². The predicted molar refractivity (Wildman–Crippen MR) is 194 cm³/mol. The minimum absolute atomic E-state index is 0.229. The normalized spacial score (nSPS) is 11.6. The van der Waals surface area contributed by atoms with Crippen LogP contribution in [0.2, 0.25) is 0 Å². The average Bonchev–Trinajstić information content (AvgIpc) is 3.46. The van der Waals surface area contributed by atoms with Gasteiger partial charge in [0.1, 0.15) is 17.9 Å². The van der Waals surface area contributed by atoms with Crippen molar-refractivity contribution in [1.82, 2.24) is 4.57 Å². The molecule has 0 radical (unpaired) electrons. The molecule has 0 aliphatic heterocycles. The summed E-state index contributed by atoms with van der Waals surface area (Å²) in [6.07, 6.45) is -2.30. The molecule has 5 aromatic rings. The van der Waals surface area contributed by atoms with Crippen LogP contribution in [-0.2, 0) is 0 Å². The molecule has 0 fully saturated rings. The zero-order valence-corrected chi connectivity index (χ0v) is 28.4. The van der Waals surface area contributed by atoms with Gasteiger partial charge in [-0.15, -0.1) is 24.5 Å². The molecule has 0 unspecified atom stereocenters. The Kier molecular flexibility index (Phi) is 12.3. The Balaban J connectivity index is 0.000000221. The van der Waals surface area contributed by atoms with Crippen molar-refractivity contribution in [3.8, 4) is 22.7 Å². The maximum atomic E-state index is 12.0. The molecule has 0 saturated heterocycles. The van der Waals surface area contributed by atoms with Gasteiger partial charge in [-0.05, 0) is 86.3 Å². The van der Waals surface area contributed by atoms with Gasteiger partial charge in [-0.1, -0.05) is 54.6 Å². The van der Waals surface area contributed by atoms with E-state index >= 15 is 0 Å². The van der Waals surface area contributed by atoms with Crippen LogP contribution in [0, 0.1) is 24.7 Å². The van der Waals surface area contributed by atoms with Crippen molar-refractivity contribution in [2.45, 2.75) is 34.1 Å². The number of nitrogens with one attached hydrogen (secondary N) is 2. The van der Waals surface area contributed by atoms with Crippen molar-refractivity contribution in [3.63, 3.8) is 0 Å². The summed E-state index contributed by atoms with van der Waals surface area (Å²) in [6.45, 7) is 10.6. The molecular weight excluding hydrogens is 648 g/mol. The highest BCUT2D eigenvalue weighted by Crippen LogP contribution is 2.29. The molecule has 4 aromatic carbocycles. The molecular formula is C37H38F3N7OS. The van der Waals surface area contributed by atoms with E-state index in [0.29, 0.717) is 16.1 Å². The van der Waals surface area contributed by atoms with E-state index in [1.54, 1.807) is 24.3 Å². The SMILES string of the molecule is CCN(CC)c1ccc(-c2csc(=N)n2-c2c(C)cccc2C)cc1.N=Cc1ccc(C(N)=NC=Nc2ccc(OC(F)(F)F)cc2)cc1. The van der Waals surface area contributed by atoms with Gasteiger partial charge in [0.05, 0.1) is 17.1 Å². The van der Waals surface area contributed by atoms with Crippen molar-refractivity contribution in [2.75, 3.05) is 18.0 Å². The lowest BCUT2D eigenvalue weighted by atomic mass is 10.1. The van der Waals surface area contributed by atoms with Gasteiger partial charge in [-0.25, -0.2) is 9.98 Å². The Morgan fingerprint density at radius 3 is 2.08 bits per heavy atom. The molecule has 0 aliphatic carbocycles. The third-order valence-corrected chi connectivity index (χ3v) is 8.27. The second-order valence-corrected chi connectivity index (χ2v) is 11.6. The predicted octanol–water partition coefficient (Wildman–Crippen LogP) is 8.80. The number of nitrogens with zero attached hydrogens (tertiary/aromatic N) is 4. The fourth-order valence-electron chi connectivity index (χ4n) is 5.05. The first-order chi connectivity index (χ1) is 23.4. The van der Waals surface area contributed by atoms with Crippen LogP contribution in [0.5, 0.6) is 5.75 Å². The largest absolute Gasteiger partial charge is 0.573 e. The number of alkyl halides is 3. The minimum atomic E-state index is -4.73. The van der Waals surface area contributed by atoms with Gasteiger partial charge >= 0.3 is 6.36 Å². The first-order valence-electron chi connectivity index (χ1n) is 15.4. The van der Waals surface area contributed by atoms with Crippen LogP contribution in [0.15, 0.2) is 106 Å². The summed E-state index contributed by atoms with van der Waals surface area (Å²) in [4.78, 5) is 10.8. The first-order valence-corrected chi connectivity index (χ1v) is 16.3. The topological polar surface area (TPSA) is 116 Å². The molecule has 0 aliphatic rings. The van der Waals surface area contributed by atoms with E-state index in [-0.39, 0.29) is 11.6 Å². The number of anilines is 1. The highest BCUT2D eigenvalue weighted by Gasteiger charge is 2.30. The molecule has 1 aromatic heterocycles. The van der Waals surface area contributed by atoms with Crippen LogP contribution in [0.3, 0.4) is 0 Å². The van der Waals surface area contributed by atoms with Crippen molar-refractivity contribution < 1.29 is 17.9 Å². The standard InChI is InChI=1S/C21H25N3S.C16H13F3N4O/c1-5-23(6-2)18-12-10-17(11-13-18)19-14-25-21(22)24(19)20-15(3)8-7-9-16(20)4;17-16(18,19)24-14-7-5-13(6-8-14)22-10-23-15(21)12-3-1-11(9-20)2-4-12/h7-14,22H,5-6H2,1-4H3;1-10,20H,(H2,21,22,23). The molecule has 0 amide bonds. The number of aromatic nitrogens is 1. The zero-order chi connectivity index (χ0) is 35.6. The number of para-hydroxylation sites is 1. The summed E-state index contributed by atoms with van der Waals surface area (Å²) in [5.74, 6) is -0.0944. The van der Waals surface area contributed by atoms with Gasteiger partial charge in [-0.2, -0.15) is 0 Å². The molecule has 0 bridgehead atoms. The Hall–Kier alpha value is -5.49. The van der Waals surface area contributed by atoms with E-state index < -0.39 is 6.36 Å². The van der Waals surface area contributed by atoms with Crippen molar-refractivity contribution >= 4 is 41.1 Å². The Bertz CT molecular complexity index is 1940. The summed E-state index contributed by atoms with van der Waals surface area (Å²) in [6, 6.07) is 26.9. The number of hydrogen-bond donors (Lipinski definition) is 3. The maximum Gasteiger partial charge on any atom is 0.573 e. The molecule has 0 atom stereocenters. The lowest BCUT2D eigenvalue weighted by molar-refractivity contribution is -0.274. The van der Waals surface area contributed by atoms with E-state index in [2.05, 4.69) is 99.7 Å². The highest BCUT2D eigenvalue weighted by molar-refractivity contribution is 7.07. The number of halogens is 3. The zero-order valence-electron chi connectivity index (χ0n) is 27.6. The fourth-order valence-corrected chi connectivity index (χ4v) is 5.81. The van der Waals surface area contributed by atoms with Crippen molar-refractivity contribution in [1.29, 1.82) is 10.8 Å². The number of rotatable bonds is 10. The van der Waals surface area contributed by atoms with Gasteiger partial charge in [0, 0.05) is 35.9 Å². The molecule has 4 N–H and O–H groups in total. The number of thiazole rings is 1. The van der Waals surface area contributed by atoms with Gasteiger partial charge in [0.2, 0.25) is 0 Å². The average molecular weight is 686 g/mol. The second-order valence-electron chi connectivity index (χ2n) is 10.8. The van der Waals surface area contributed by atoms with E-state index in [1.165, 1.54) is 52.8 Å². The third-order valence-electron chi connectivity index (χ3n) is 7.53. The molecule has 0 spiro atoms. The lowest BCUT2D eigenvalue weighted by Gasteiger charge is -2.21. The second kappa shape index (κ2) is 16.6. The number of hydrogen-bond acceptors (Lipinski definition) is 6. The number of aryl methyl sites for hydroxylation is 2. The minimum Gasteiger partial charge on any atom is -0.406 e. The maximum absolute atomic E-state index is 12.0. The Morgan fingerprint density at radius 1 is 0.918 bits per heavy atom. The van der Waals surface area contributed by atoms with E-state index in [0.717, 1.165) is 47.7 Å². The Morgan fingerprint density at radius 2 is 1.53 bits per heavy atom. The smallest absolute Gasteiger partial charge is 0.406 e. The van der Waals surface area contributed by atoms with Crippen LogP contribution < -0.4 is 20.2 Å².